The molecule has 0 saturated heterocycles. The Kier molecular flexibility index (Phi) is 7.53. The van der Waals surface area contributed by atoms with Gasteiger partial charge in [-0.15, -0.1) is 6.42 Å². The average molecular weight is 604 g/mol. The Labute approximate surface area is 256 Å². The molecule has 0 radical (unpaired) electrons. The van der Waals surface area contributed by atoms with Crippen molar-refractivity contribution >= 4 is 28.5 Å². The van der Waals surface area contributed by atoms with Crippen molar-refractivity contribution in [2.75, 3.05) is 6.61 Å². The lowest BCUT2D eigenvalue weighted by Crippen LogP contribution is -2.59. The number of aromatic nitrogens is 1. The number of aliphatic hydroxyl groups is 2. The number of hydrogen-bond acceptors (Lipinski definition) is 7. The lowest BCUT2D eigenvalue weighted by molar-refractivity contribution is -0.153. The largest absolute Gasteiger partial charge is 0.508 e. The fourth-order valence-electron chi connectivity index (χ4n) is 9.19. The number of nitrogens with one attached hydrogen (secondary N) is 2. The fraction of sp³-hybridized carbons (Fsp3) is 0.559. The van der Waals surface area contributed by atoms with Gasteiger partial charge in [0, 0.05) is 35.0 Å². The lowest BCUT2D eigenvalue weighted by Gasteiger charge is -2.60. The summed E-state index contributed by atoms with van der Waals surface area (Å²) in [5, 5.41) is 49.7. The van der Waals surface area contributed by atoms with Crippen LogP contribution in [-0.4, -0.2) is 67.4 Å². The quantitative estimate of drug-likeness (QED) is 0.208. The Morgan fingerprint density at radius 1 is 1.25 bits per heavy atom. The number of phenolic OH excluding ortho intramolecular Hbond substituents is 1. The number of amides is 1. The number of carboxylic acid groups (broad SMARTS) is 1. The van der Waals surface area contributed by atoms with Crippen LogP contribution in [0, 0.1) is 40.9 Å². The van der Waals surface area contributed by atoms with Gasteiger partial charge in [-0.1, -0.05) is 30.5 Å². The molecule has 0 spiro atoms. The van der Waals surface area contributed by atoms with Gasteiger partial charge in [-0.05, 0) is 91.9 Å². The Balaban J connectivity index is 1.09. The predicted octanol–water partition coefficient (Wildman–Crippen LogP) is 3.66. The van der Waals surface area contributed by atoms with E-state index < -0.39 is 41.6 Å². The van der Waals surface area contributed by atoms with Gasteiger partial charge in [0.2, 0.25) is 0 Å². The van der Waals surface area contributed by atoms with Crippen molar-refractivity contribution in [2.45, 2.75) is 83.0 Å². The Bertz CT molecular complexity index is 1590. The zero-order chi connectivity index (χ0) is 31.4. The number of aromatic hydroxyl groups is 1. The molecular formula is C34H41N3O7. The van der Waals surface area contributed by atoms with Crippen molar-refractivity contribution in [3.8, 4) is 18.1 Å². The molecule has 44 heavy (non-hydrogen) atoms. The van der Waals surface area contributed by atoms with Gasteiger partial charge in [-0.3, -0.25) is 4.79 Å². The van der Waals surface area contributed by atoms with Gasteiger partial charge in [-0.25, -0.2) is 4.79 Å². The highest BCUT2D eigenvalue weighted by molar-refractivity contribution is 5.96. The zero-order valence-corrected chi connectivity index (χ0v) is 25.2. The van der Waals surface area contributed by atoms with Crippen LogP contribution in [0.3, 0.4) is 0 Å². The maximum atomic E-state index is 12.6. The van der Waals surface area contributed by atoms with Gasteiger partial charge in [0.15, 0.2) is 6.61 Å². The summed E-state index contributed by atoms with van der Waals surface area (Å²) in [6, 6.07) is 3.61. The molecule has 10 nitrogen and oxygen atoms in total. The number of allylic oxidation sites excluding steroid dienone is 2. The van der Waals surface area contributed by atoms with E-state index >= 15 is 0 Å². The van der Waals surface area contributed by atoms with Crippen LogP contribution in [0.15, 0.2) is 41.2 Å². The van der Waals surface area contributed by atoms with Gasteiger partial charge in [0.25, 0.3) is 5.91 Å². The van der Waals surface area contributed by atoms with Crippen LogP contribution in [0.5, 0.6) is 5.75 Å². The number of rotatable bonds is 7. The first kappa shape index (κ1) is 30.2. The van der Waals surface area contributed by atoms with Crippen molar-refractivity contribution in [3.05, 3.63) is 41.6 Å². The molecule has 10 heteroatoms. The first-order chi connectivity index (χ1) is 20.9. The van der Waals surface area contributed by atoms with E-state index in [9.17, 15) is 30.0 Å². The molecule has 1 aromatic heterocycles. The second-order valence-corrected chi connectivity index (χ2v) is 13.7. The minimum atomic E-state index is -1.18. The monoisotopic (exact) mass is 603 g/mol. The van der Waals surface area contributed by atoms with E-state index in [4.69, 9.17) is 11.3 Å². The minimum Gasteiger partial charge on any atom is -0.508 e. The summed E-state index contributed by atoms with van der Waals surface area (Å²) in [5.74, 6) is 1.63. The predicted molar refractivity (Wildman–Crippen MR) is 163 cm³/mol. The highest BCUT2D eigenvalue weighted by Gasteiger charge is 2.66. The highest BCUT2D eigenvalue weighted by Crippen LogP contribution is 2.67. The summed E-state index contributed by atoms with van der Waals surface area (Å²) < 4.78 is 0. The van der Waals surface area contributed by atoms with Crippen LogP contribution >= 0.6 is 0 Å². The maximum Gasteiger partial charge on any atom is 0.326 e. The number of hydrogen-bond donors (Lipinski definition) is 6. The summed E-state index contributed by atoms with van der Waals surface area (Å²) in [6.07, 6.45) is 14.1. The smallest absolute Gasteiger partial charge is 0.326 e. The molecule has 1 amide bonds. The molecule has 1 heterocycles. The van der Waals surface area contributed by atoms with Gasteiger partial charge >= 0.3 is 5.97 Å². The Morgan fingerprint density at radius 2 is 2.05 bits per heavy atom. The molecule has 0 aliphatic heterocycles. The van der Waals surface area contributed by atoms with E-state index in [1.165, 1.54) is 11.6 Å². The molecule has 2 aromatic rings. The van der Waals surface area contributed by atoms with Crippen LogP contribution in [0.2, 0.25) is 0 Å². The number of benzene rings is 1. The number of fused-ring (bicyclic) bond motifs is 6. The number of aliphatic carboxylic acids is 1. The SMILES string of the molecule is C#C[C@]1(O)CCC2C3CCC4=CC(=NOCC(=O)NC(Cc5c[nH]c6cc(O)ccc56)C(=O)O)CC[C@]4(C)C3C(O)C[C@@]21C. The summed E-state index contributed by atoms with van der Waals surface area (Å²) in [4.78, 5) is 32.9. The molecule has 3 saturated carbocycles. The van der Waals surface area contributed by atoms with Crippen LogP contribution in [0.25, 0.3) is 10.9 Å². The molecule has 4 aliphatic carbocycles. The van der Waals surface area contributed by atoms with Gasteiger partial charge < -0.3 is 35.6 Å². The van der Waals surface area contributed by atoms with Crippen molar-refractivity contribution in [3.63, 3.8) is 0 Å². The second kappa shape index (κ2) is 11.0. The van der Waals surface area contributed by atoms with Gasteiger partial charge in [-0.2, -0.15) is 0 Å². The third-order valence-corrected chi connectivity index (χ3v) is 11.5. The molecule has 5 unspecified atom stereocenters. The van der Waals surface area contributed by atoms with Crippen LogP contribution in [-0.2, 0) is 20.8 Å². The number of phenols is 1. The molecule has 4 aliphatic rings. The maximum absolute atomic E-state index is 12.6. The number of aromatic amines is 1. The number of nitrogens with zero attached hydrogens (tertiary/aromatic N) is 1. The molecule has 6 N–H and O–H groups in total. The van der Waals surface area contributed by atoms with E-state index in [2.05, 4.69) is 35.2 Å². The number of H-pyrrole nitrogens is 1. The van der Waals surface area contributed by atoms with E-state index in [1.807, 2.05) is 6.08 Å². The van der Waals surface area contributed by atoms with Gasteiger partial charge in [0.1, 0.15) is 17.4 Å². The highest BCUT2D eigenvalue weighted by atomic mass is 16.6. The van der Waals surface area contributed by atoms with E-state index in [-0.39, 0.29) is 35.3 Å². The molecular weight excluding hydrogens is 562 g/mol. The van der Waals surface area contributed by atoms with E-state index in [1.54, 1.807) is 18.3 Å². The second-order valence-electron chi connectivity index (χ2n) is 13.7. The summed E-state index contributed by atoms with van der Waals surface area (Å²) in [5.41, 5.74) is 1.45. The van der Waals surface area contributed by atoms with Gasteiger partial charge in [0.05, 0.1) is 11.8 Å². The van der Waals surface area contributed by atoms with Crippen LogP contribution in [0.1, 0.15) is 64.4 Å². The molecule has 234 valence electrons. The average Bonchev–Trinajstić information content (AvgIpc) is 3.49. The minimum absolute atomic E-state index is 0.0566. The van der Waals surface area contributed by atoms with E-state index in [0.29, 0.717) is 30.3 Å². The third-order valence-electron chi connectivity index (χ3n) is 11.5. The summed E-state index contributed by atoms with van der Waals surface area (Å²) in [7, 11) is 0. The lowest BCUT2D eigenvalue weighted by atomic mass is 9.45. The standard InChI is InChI=1S/C34H41N3O7/c1-4-34(43)12-10-25-24-7-5-20-14-21(9-11-32(20,2)30(24)28(39)16-33(25,34)3)37-44-18-29(40)36-27(31(41)42)13-19-17-35-26-15-22(38)6-8-23(19)26/h1,6,8,14-15,17,24-25,27-28,30,35,38-39,43H,5,7,9-13,16,18H2,2-3H3,(H,36,40)(H,41,42)/t24?,25?,27?,28?,30?,32-,33-,34-/m0/s1. The van der Waals surface area contributed by atoms with Crippen LogP contribution < -0.4 is 5.32 Å². The number of carboxylic acids is 1. The third kappa shape index (κ3) is 4.87. The summed E-state index contributed by atoms with van der Waals surface area (Å²) in [6.45, 7) is 3.87. The molecule has 8 atom stereocenters. The normalized spacial score (nSPS) is 36.0. The van der Waals surface area contributed by atoms with Crippen molar-refractivity contribution < 1.29 is 34.9 Å². The number of carbonyl (C=O) groups is 2. The van der Waals surface area contributed by atoms with E-state index in [0.717, 1.165) is 36.8 Å². The molecule has 3 fully saturated rings. The zero-order valence-electron chi connectivity index (χ0n) is 25.2. The van der Waals surface area contributed by atoms with Crippen LogP contribution in [0.4, 0.5) is 0 Å². The Morgan fingerprint density at radius 3 is 2.80 bits per heavy atom. The molecule has 6 rings (SSSR count). The van der Waals surface area contributed by atoms with Crippen molar-refractivity contribution in [2.24, 2.45) is 33.7 Å². The summed E-state index contributed by atoms with van der Waals surface area (Å²) >= 11 is 0. The van der Waals surface area contributed by atoms with Crippen molar-refractivity contribution in [1.29, 1.82) is 0 Å². The number of aliphatic hydroxyl groups excluding tert-OH is 1. The Hall–Kier alpha value is -3.81. The molecule has 1 aromatic carbocycles. The number of terminal acetylenes is 1. The first-order valence-corrected chi connectivity index (χ1v) is 15.5. The topological polar surface area (TPSA) is 164 Å². The fourth-order valence-corrected chi connectivity index (χ4v) is 9.19. The first-order valence-electron chi connectivity index (χ1n) is 15.5. The number of oxime groups is 1. The van der Waals surface area contributed by atoms with Crippen molar-refractivity contribution in [1.82, 2.24) is 10.3 Å². The number of carbonyl (C=O) groups excluding carboxylic acids is 1. The molecule has 0 bridgehead atoms.